The molecule has 1 fully saturated rings. The Morgan fingerprint density at radius 1 is 1.28 bits per heavy atom. The summed E-state index contributed by atoms with van der Waals surface area (Å²) in [5.74, 6) is -1.04. The fourth-order valence-electron chi connectivity index (χ4n) is 3.41. The number of nitrogens with zero attached hydrogens (tertiary/aromatic N) is 3. The van der Waals surface area contributed by atoms with E-state index in [-0.39, 0.29) is 6.04 Å². The molecule has 1 aliphatic rings. The van der Waals surface area contributed by atoms with E-state index in [0.29, 0.717) is 11.6 Å². The van der Waals surface area contributed by atoms with Crippen LogP contribution in [0.25, 0.3) is 0 Å². The molecule has 1 aromatic carbocycles. The van der Waals surface area contributed by atoms with Gasteiger partial charge in [0, 0.05) is 43.6 Å². The van der Waals surface area contributed by atoms with E-state index in [1.807, 2.05) is 12.5 Å². The molecule has 0 bridgehead atoms. The molecule has 1 atom stereocenters. The number of likely N-dealkylation sites (tertiary alicyclic amines) is 1. The van der Waals surface area contributed by atoms with Gasteiger partial charge in [-0.1, -0.05) is 13.8 Å². The van der Waals surface area contributed by atoms with Gasteiger partial charge in [-0.05, 0) is 37.4 Å². The molecule has 1 aliphatic heterocycles. The van der Waals surface area contributed by atoms with Crippen LogP contribution in [0.1, 0.15) is 32.4 Å². The number of nitrogens with one attached hydrogen (secondary N) is 1. The lowest BCUT2D eigenvalue weighted by Gasteiger charge is -2.33. The summed E-state index contributed by atoms with van der Waals surface area (Å²) in [5, 5.41) is 3.33. The number of rotatable bonds is 6. The molecule has 0 amide bonds. The fourth-order valence-corrected chi connectivity index (χ4v) is 3.41. The molecule has 0 saturated carbocycles. The summed E-state index contributed by atoms with van der Waals surface area (Å²) < 4.78 is 28.7. The molecule has 1 N–H and O–H groups in total. The number of piperidine rings is 1. The van der Waals surface area contributed by atoms with Crippen LogP contribution < -0.4 is 5.32 Å². The molecule has 136 valence electrons. The maximum absolute atomic E-state index is 13.4. The summed E-state index contributed by atoms with van der Waals surface area (Å²) in [6.07, 6.45) is 5.95. The van der Waals surface area contributed by atoms with Crippen LogP contribution in [-0.2, 0) is 13.1 Å². The fraction of sp³-hybridized carbons (Fsp3) is 0.526. The van der Waals surface area contributed by atoms with Gasteiger partial charge >= 0.3 is 0 Å². The number of hydrogen-bond acceptors (Lipinski definition) is 3. The Bertz CT molecular complexity index is 698. The summed E-state index contributed by atoms with van der Waals surface area (Å²) in [6.45, 7) is 8.16. The molecule has 0 spiro atoms. The molecule has 25 heavy (non-hydrogen) atoms. The van der Waals surface area contributed by atoms with E-state index in [4.69, 9.17) is 0 Å². The van der Waals surface area contributed by atoms with Gasteiger partial charge in [0.25, 0.3) is 0 Å². The van der Waals surface area contributed by atoms with E-state index >= 15 is 0 Å². The summed E-state index contributed by atoms with van der Waals surface area (Å²) in [7, 11) is 0. The van der Waals surface area contributed by atoms with Crippen molar-refractivity contribution in [3.8, 4) is 0 Å². The Kier molecular flexibility index (Phi) is 5.68. The third-order valence-corrected chi connectivity index (χ3v) is 4.54. The first kappa shape index (κ1) is 17.9. The van der Waals surface area contributed by atoms with Crippen molar-refractivity contribution in [2.45, 2.75) is 45.8 Å². The van der Waals surface area contributed by atoms with Gasteiger partial charge in [0.1, 0.15) is 0 Å². The van der Waals surface area contributed by atoms with Crippen LogP contribution in [0.5, 0.6) is 0 Å². The Morgan fingerprint density at radius 2 is 2.12 bits per heavy atom. The minimum Gasteiger partial charge on any atom is -0.381 e. The zero-order valence-electron chi connectivity index (χ0n) is 14.9. The van der Waals surface area contributed by atoms with Crippen LogP contribution in [0.4, 0.5) is 14.5 Å². The summed E-state index contributed by atoms with van der Waals surface area (Å²) in [6, 6.07) is 4.23. The van der Waals surface area contributed by atoms with Crippen LogP contribution >= 0.6 is 0 Å². The zero-order valence-corrected chi connectivity index (χ0v) is 14.9. The van der Waals surface area contributed by atoms with E-state index in [1.165, 1.54) is 17.8 Å². The highest BCUT2D eigenvalue weighted by molar-refractivity contribution is 5.44. The Hall–Kier alpha value is -1.95. The molecule has 4 nitrogen and oxygen atoms in total. The Morgan fingerprint density at radius 3 is 2.88 bits per heavy atom. The predicted octanol–water partition coefficient (Wildman–Crippen LogP) is 3.89. The minimum absolute atomic E-state index is 0.236. The maximum Gasteiger partial charge on any atom is 0.160 e. The molecule has 0 radical (unpaired) electrons. The Balaban J connectivity index is 1.59. The van der Waals surface area contributed by atoms with Crippen molar-refractivity contribution in [1.29, 1.82) is 0 Å². The van der Waals surface area contributed by atoms with Crippen molar-refractivity contribution in [2.24, 2.45) is 5.92 Å². The normalized spacial score (nSPS) is 18.7. The largest absolute Gasteiger partial charge is 0.381 e. The molecular weight excluding hydrogens is 322 g/mol. The molecule has 2 heterocycles. The standard InChI is InChI=1S/C19H26F2N4/c1-14(2)10-25-13-22-9-17(25)12-24-7-3-4-16(11-24)23-15-5-6-18(20)19(21)8-15/h5-6,8-9,13-14,16,23H,3-4,7,10-12H2,1-2H3/t16-/m1/s1. The van der Waals surface area contributed by atoms with Crippen LogP contribution in [0, 0.1) is 17.6 Å². The first-order valence-corrected chi connectivity index (χ1v) is 8.94. The van der Waals surface area contributed by atoms with E-state index in [1.54, 1.807) is 6.07 Å². The van der Waals surface area contributed by atoms with Gasteiger partial charge in [0.2, 0.25) is 0 Å². The van der Waals surface area contributed by atoms with Crippen LogP contribution in [0.3, 0.4) is 0 Å². The molecule has 1 saturated heterocycles. The molecule has 3 rings (SSSR count). The smallest absolute Gasteiger partial charge is 0.160 e. The number of anilines is 1. The third kappa shape index (κ3) is 4.78. The first-order valence-electron chi connectivity index (χ1n) is 8.94. The average Bonchev–Trinajstić information content (AvgIpc) is 2.97. The Labute approximate surface area is 147 Å². The predicted molar refractivity (Wildman–Crippen MR) is 95.3 cm³/mol. The van der Waals surface area contributed by atoms with Gasteiger partial charge in [-0.3, -0.25) is 4.90 Å². The van der Waals surface area contributed by atoms with Crippen molar-refractivity contribution >= 4 is 5.69 Å². The zero-order chi connectivity index (χ0) is 17.8. The van der Waals surface area contributed by atoms with Gasteiger partial charge in [-0.2, -0.15) is 0 Å². The van der Waals surface area contributed by atoms with Gasteiger partial charge < -0.3 is 9.88 Å². The number of benzene rings is 1. The molecule has 6 heteroatoms. The summed E-state index contributed by atoms with van der Waals surface area (Å²) >= 11 is 0. The lowest BCUT2D eigenvalue weighted by Crippen LogP contribution is -2.42. The van der Waals surface area contributed by atoms with Crippen molar-refractivity contribution in [2.75, 3.05) is 18.4 Å². The lowest BCUT2D eigenvalue weighted by atomic mass is 10.0. The van der Waals surface area contributed by atoms with Crippen molar-refractivity contribution in [3.05, 3.63) is 48.1 Å². The van der Waals surface area contributed by atoms with Gasteiger partial charge in [0.05, 0.1) is 12.0 Å². The van der Waals surface area contributed by atoms with Crippen LogP contribution in [-0.4, -0.2) is 33.6 Å². The highest BCUT2D eigenvalue weighted by Crippen LogP contribution is 2.20. The highest BCUT2D eigenvalue weighted by atomic mass is 19.2. The second-order valence-electron chi connectivity index (χ2n) is 7.28. The number of imidazole rings is 1. The van der Waals surface area contributed by atoms with E-state index in [9.17, 15) is 8.78 Å². The summed E-state index contributed by atoms with van der Waals surface area (Å²) in [5.41, 5.74) is 1.86. The number of aromatic nitrogens is 2. The molecular formula is C19H26F2N4. The van der Waals surface area contributed by atoms with Crippen molar-refractivity contribution < 1.29 is 8.78 Å². The molecule has 2 aromatic rings. The second-order valence-corrected chi connectivity index (χ2v) is 7.28. The van der Waals surface area contributed by atoms with Crippen LogP contribution in [0.2, 0.25) is 0 Å². The van der Waals surface area contributed by atoms with Crippen molar-refractivity contribution in [1.82, 2.24) is 14.5 Å². The van der Waals surface area contributed by atoms with Crippen LogP contribution in [0.15, 0.2) is 30.7 Å². The number of halogens is 2. The molecule has 0 unspecified atom stereocenters. The average molecular weight is 348 g/mol. The SMILES string of the molecule is CC(C)Cn1cncc1CN1CCC[C@@H](Nc2ccc(F)c(F)c2)C1. The highest BCUT2D eigenvalue weighted by Gasteiger charge is 2.21. The second kappa shape index (κ2) is 7.95. The van der Waals surface area contributed by atoms with E-state index < -0.39 is 11.6 Å². The third-order valence-electron chi connectivity index (χ3n) is 4.54. The quantitative estimate of drug-likeness (QED) is 0.860. The summed E-state index contributed by atoms with van der Waals surface area (Å²) in [4.78, 5) is 6.69. The molecule has 1 aromatic heterocycles. The molecule has 0 aliphatic carbocycles. The monoisotopic (exact) mass is 348 g/mol. The lowest BCUT2D eigenvalue weighted by molar-refractivity contribution is 0.203. The minimum atomic E-state index is -0.811. The van der Waals surface area contributed by atoms with Gasteiger partial charge in [-0.15, -0.1) is 0 Å². The topological polar surface area (TPSA) is 33.1 Å². The maximum atomic E-state index is 13.4. The van der Waals surface area contributed by atoms with Crippen molar-refractivity contribution in [3.63, 3.8) is 0 Å². The van der Waals surface area contributed by atoms with E-state index in [0.717, 1.165) is 39.0 Å². The van der Waals surface area contributed by atoms with Gasteiger partial charge in [0.15, 0.2) is 11.6 Å². The first-order chi connectivity index (χ1) is 12.0. The van der Waals surface area contributed by atoms with Gasteiger partial charge in [-0.25, -0.2) is 13.8 Å². The number of hydrogen-bond donors (Lipinski definition) is 1. The van der Waals surface area contributed by atoms with E-state index in [2.05, 4.69) is 33.6 Å².